The van der Waals surface area contributed by atoms with Crippen LogP contribution < -0.4 is 11.1 Å². The van der Waals surface area contributed by atoms with E-state index in [-0.39, 0.29) is 5.91 Å². The number of carbonyl (C=O) groups is 1. The molecule has 19 heavy (non-hydrogen) atoms. The summed E-state index contributed by atoms with van der Waals surface area (Å²) in [5, 5.41) is 4.04. The van der Waals surface area contributed by atoms with Crippen LogP contribution in [-0.4, -0.2) is 11.9 Å². The molecule has 0 saturated heterocycles. The van der Waals surface area contributed by atoms with Gasteiger partial charge >= 0.3 is 0 Å². The SMILES string of the molecule is Nc1c(C(=O)NC2CCCC2)sc2cccc(Br)c12. The maximum absolute atomic E-state index is 12.3. The van der Waals surface area contributed by atoms with Crippen molar-refractivity contribution in [2.75, 3.05) is 5.73 Å². The molecule has 0 radical (unpaired) electrons. The molecule has 1 heterocycles. The maximum atomic E-state index is 12.3. The van der Waals surface area contributed by atoms with Crippen molar-refractivity contribution in [3.63, 3.8) is 0 Å². The molecule has 0 aliphatic heterocycles. The Morgan fingerprint density at radius 1 is 1.37 bits per heavy atom. The molecule has 3 nitrogen and oxygen atoms in total. The zero-order valence-electron chi connectivity index (χ0n) is 10.4. The number of benzene rings is 1. The molecule has 1 aromatic carbocycles. The van der Waals surface area contributed by atoms with Crippen LogP contribution in [0.3, 0.4) is 0 Å². The number of carbonyl (C=O) groups excluding carboxylic acids is 1. The predicted octanol–water partition coefficient (Wildman–Crippen LogP) is 3.92. The van der Waals surface area contributed by atoms with Crippen molar-refractivity contribution in [1.82, 2.24) is 5.32 Å². The summed E-state index contributed by atoms with van der Waals surface area (Å²) in [6.45, 7) is 0. The average molecular weight is 339 g/mol. The third-order valence-corrected chi connectivity index (χ3v) is 5.43. The molecule has 1 aliphatic carbocycles. The molecule has 1 aromatic heterocycles. The van der Waals surface area contributed by atoms with Crippen molar-refractivity contribution in [2.24, 2.45) is 0 Å². The molecule has 0 atom stereocenters. The van der Waals surface area contributed by atoms with E-state index < -0.39 is 0 Å². The van der Waals surface area contributed by atoms with Crippen LogP contribution in [-0.2, 0) is 0 Å². The van der Waals surface area contributed by atoms with Crippen molar-refractivity contribution in [3.05, 3.63) is 27.5 Å². The molecule has 3 rings (SSSR count). The normalized spacial score (nSPS) is 16.1. The summed E-state index contributed by atoms with van der Waals surface area (Å²) >= 11 is 4.96. The number of nitrogens with two attached hydrogens (primary N) is 1. The summed E-state index contributed by atoms with van der Waals surface area (Å²) in [5.41, 5.74) is 6.72. The van der Waals surface area contributed by atoms with Crippen molar-refractivity contribution in [1.29, 1.82) is 0 Å². The summed E-state index contributed by atoms with van der Waals surface area (Å²) < 4.78 is 1.99. The Labute approximate surface area is 124 Å². The molecule has 2 aromatic rings. The fourth-order valence-electron chi connectivity index (χ4n) is 2.62. The van der Waals surface area contributed by atoms with Gasteiger partial charge in [-0.15, -0.1) is 11.3 Å². The van der Waals surface area contributed by atoms with Crippen LogP contribution in [0.5, 0.6) is 0 Å². The number of hydrogen-bond acceptors (Lipinski definition) is 3. The summed E-state index contributed by atoms with van der Waals surface area (Å²) in [5.74, 6) is -0.0301. The number of nitrogens with one attached hydrogen (secondary N) is 1. The number of nitrogen functional groups attached to an aromatic ring is 1. The Bertz CT molecular complexity index is 632. The lowest BCUT2D eigenvalue weighted by Crippen LogP contribution is -2.32. The van der Waals surface area contributed by atoms with E-state index in [0.29, 0.717) is 16.6 Å². The van der Waals surface area contributed by atoms with Gasteiger partial charge in [-0.25, -0.2) is 0 Å². The van der Waals surface area contributed by atoms with Crippen LogP contribution >= 0.6 is 27.3 Å². The Balaban J connectivity index is 1.94. The third-order valence-electron chi connectivity index (χ3n) is 3.60. The lowest BCUT2D eigenvalue weighted by molar-refractivity contribution is 0.0943. The van der Waals surface area contributed by atoms with Crippen molar-refractivity contribution in [3.8, 4) is 0 Å². The number of anilines is 1. The second-order valence-electron chi connectivity index (χ2n) is 4.91. The van der Waals surface area contributed by atoms with Gasteiger partial charge in [0.2, 0.25) is 0 Å². The number of rotatable bonds is 2. The zero-order valence-corrected chi connectivity index (χ0v) is 12.8. The van der Waals surface area contributed by atoms with Crippen molar-refractivity contribution >= 4 is 48.9 Å². The maximum Gasteiger partial charge on any atom is 0.263 e. The highest BCUT2D eigenvalue weighted by atomic mass is 79.9. The first-order valence-electron chi connectivity index (χ1n) is 6.44. The van der Waals surface area contributed by atoms with Crippen molar-refractivity contribution < 1.29 is 4.79 Å². The highest BCUT2D eigenvalue weighted by Gasteiger charge is 2.22. The molecular weight excluding hydrogens is 324 g/mol. The lowest BCUT2D eigenvalue weighted by Gasteiger charge is -2.11. The van der Waals surface area contributed by atoms with Gasteiger partial charge in [0.05, 0.1) is 5.69 Å². The minimum Gasteiger partial charge on any atom is -0.397 e. The molecular formula is C14H15BrN2OS. The number of halogens is 1. The fraction of sp³-hybridized carbons (Fsp3) is 0.357. The van der Waals surface area contributed by atoms with Crippen molar-refractivity contribution in [2.45, 2.75) is 31.7 Å². The van der Waals surface area contributed by atoms with Crippen LogP contribution in [0.15, 0.2) is 22.7 Å². The Hall–Kier alpha value is -1.07. The quantitative estimate of drug-likeness (QED) is 0.871. The molecule has 100 valence electrons. The smallest absolute Gasteiger partial charge is 0.263 e. The standard InChI is InChI=1S/C14H15BrN2OS/c15-9-6-3-7-10-11(9)12(16)13(19-10)14(18)17-8-4-1-2-5-8/h3,6-8H,1-2,4-5,16H2,(H,17,18). The summed E-state index contributed by atoms with van der Waals surface area (Å²) in [6, 6.07) is 6.22. The third kappa shape index (κ3) is 2.37. The van der Waals surface area contributed by atoms with Gasteiger partial charge in [0.15, 0.2) is 0 Å². The van der Waals surface area contributed by atoms with Gasteiger partial charge in [0, 0.05) is 20.6 Å². The molecule has 0 unspecified atom stereocenters. The van der Waals surface area contributed by atoms with Crippen LogP contribution in [0.2, 0.25) is 0 Å². The molecule has 1 saturated carbocycles. The summed E-state index contributed by atoms with van der Waals surface area (Å²) in [6.07, 6.45) is 4.58. The molecule has 0 bridgehead atoms. The molecule has 3 N–H and O–H groups in total. The van der Waals surface area contributed by atoms with Crippen LogP contribution in [0.25, 0.3) is 10.1 Å². The Kier molecular flexibility index (Phi) is 3.50. The van der Waals surface area contributed by atoms with Gasteiger partial charge in [0.1, 0.15) is 4.88 Å². The first-order valence-corrected chi connectivity index (χ1v) is 8.05. The van der Waals surface area contributed by atoms with Gasteiger partial charge in [-0.3, -0.25) is 4.79 Å². The number of thiophene rings is 1. The first-order chi connectivity index (χ1) is 9.16. The average Bonchev–Trinajstić information content (AvgIpc) is 2.98. The van der Waals surface area contributed by atoms with Crippen LogP contribution in [0.1, 0.15) is 35.4 Å². The predicted molar refractivity (Wildman–Crippen MR) is 83.7 cm³/mol. The molecule has 1 amide bonds. The largest absolute Gasteiger partial charge is 0.397 e. The number of amides is 1. The monoisotopic (exact) mass is 338 g/mol. The van der Waals surface area contributed by atoms with E-state index in [0.717, 1.165) is 27.4 Å². The number of fused-ring (bicyclic) bond motifs is 1. The van der Waals surface area contributed by atoms with Gasteiger partial charge in [0.25, 0.3) is 5.91 Å². The van der Waals surface area contributed by atoms with E-state index in [1.807, 2.05) is 18.2 Å². The first kappa shape index (κ1) is 12.9. The Morgan fingerprint density at radius 3 is 2.79 bits per heavy atom. The molecule has 1 fully saturated rings. The summed E-state index contributed by atoms with van der Waals surface area (Å²) in [4.78, 5) is 12.9. The second-order valence-corrected chi connectivity index (χ2v) is 6.82. The van der Waals surface area contributed by atoms with E-state index in [9.17, 15) is 4.79 Å². The molecule has 1 aliphatic rings. The molecule has 5 heteroatoms. The highest BCUT2D eigenvalue weighted by molar-refractivity contribution is 9.10. The second kappa shape index (κ2) is 5.13. The van der Waals surface area contributed by atoms with Gasteiger partial charge in [-0.1, -0.05) is 34.8 Å². The van der Waals surface area contributed by atoms with Crippen LogP contribution in [0.4, 0.5) is 5.69 Å². The fourth-order valence-corrected chi connectivity index (χ4v) is 4.38. The van der Waals surface area contributed by atoms with Crippen LogP contribution in [0, 0.1) is 0 Å². The van der Waals surface area contributed by atoms with E-state index in [1.54, 1.807) is 0 Å². The van der Waals surface area contributed by atoms with E-state index in [4.69, 9.17) is 5.73 Å². The minimum absolute atomic E-state index is 0.0301. The Morgan fingerprint density at radius 2 is 2.11 bits per heavy atom. The highest BCUT2D eigenvalue weighted by Crippen LogP contribution is 2.38. The van der Waals surface area contributed by atoms with Gasteiger partial charge < -0.3 is 11.1 Å². The lowest BCUT2D eigenvalue weighted by atomic mass is 10.2. The number of hydrogen-bond donors (Lipinski definition) is 2. The van der Waals surface area contributed by atoms with Gasteiger partial charge in [-0.05, 0) is 25.0 Å². The van der Waals surface area contributed by atoms with E-state index >= 15 is 0 Å². The topological polar surface area (TPSA) is 55.1 Å². The minimum atomic E-state index is -0.0301. The van der Waals surface area contributed by atoms with E-state index in [1.165, 1.54) is 24.2 Å². The summed E-state index contributed by atoms with van der Waals surface area (Å²) in [7, 11) is 0. The zero-order chi connectivity index (χ0) is 13.4. The van der Waals surface area contributed by atoms with E-state index in [2.05, 4.69) is 21.2 Å². The molecule has 0 spiro atoms. The van der Waals surface area contributed by atoms with Gasteiger partial charge in [-0.2, -0.15) is 0 Å².